The van der Waals surface area contributed by atoms with Crippen molar-refractivity contribution < 1.29 is 4.74 Å². The standard InChI is InChI=1S/C13H19NO/c1-4-5-8-15-13-7-6-12(11(3)14)9-10(13)2/h4-7,9,11H,8,14H2,1-3H3/b5-4+/t11-/m1/s1. The first-order valence-corrected chi connectivity index (χ1v) is 5.25. The monoisotopic (exact) mass is 205 g/mol. The van der Waals surface area contributed by atoms with E-state index in [2.05, 4.69) is 6.07 Å². The maximum atomic E-state index is 5.80. The molecular weight excluding hydrogens is 186 g/mol. The SMILES string of the molecule is C/C=C/COc1ccc([C@@H](C)N)cc1C. The lowest BCUT2D eigenvalue weighted by molar-refractivity contribution is 0.360. The Balaban J connectivity index is 2.74. The molecule has 82 valence electrons. The van der Waals surface area contributed by atoms with E-state index in [1.165, 1.54) is 0 Å². The number of hydrogen-bond acceptors (Lipinski definition) is 2. The van der Waals surface area contributed by atoms with Gasteiger partial charge in [0.1, 0.15) is 12.4 Å². The third-order valence-electron chi connectivity index (χ3n) is 2.30. The molecule has 2 nitrogen and oxygen atoms in total. The molecule has 0 aliphatic rings. The van der Waals surface area contributed by atoms with E-state index < -0.39 is 0 Å². The van der Waals surface area contributed by atoms with Crippen molar-refractivity contribution in [3.8, 4) is 5.75 Å². The highest BCUT2D eigenvalue weighted by Gasteiger charge is 2.03. The lowest BCUT2D eigenvalue weighted by Gasteiger charge is -2.11. The molecule has 1 aromatic rings. The van der Waals surface area contributed by atoms with Crippen molar-refractivity contribution in [2.45, 2.75) is 26.8 Å². The van der Waals surface area contributed by atoms with Crippen LogP contribution < -0.4 is 10.5 Å². The van der Waals surface area contributed by atoms with Gasteiger partial charge >= 0.3 is 0 Å². The number of rotatable bonds is 4. The van der Waals surface area contributed by atoms with Gasteiger partial charge in [-0.15, -0.1) is 0 Å². The van der Waals surface area contributed by atoms with Crippen molar-refractivity contribution in [2.24, 2.45) is 5.73 Å². The van der Waals surface area contributed by atoms with E-state index in [0.29, 0.717) is 6.61 Å². The van der Waals surface area contributed by atoms with Crippen molar-refractivity contribution in [3.63, 3.8) is 0 Å². The van der Waals surface area contributed by atoms with Gasteiger partial charge in [-0.2, -0.15) is 0 Å². The van der Waals surface area contributed by atoms with Crippen LogP contribution in [0.15, 0.2) is 30.4 Å². The Morgan fingerprint density at radius 2 is 2.20 bits per heavy atom. The first kappa shape index (κ1) is 11.8. The lowest BCUT2D eigenvalue weighted by Crippen LogP contribution is -2.05. The molecule has 0 heterocycles. The van der Waals surface area contributed by atoms with Crippen LogP contribution in [0.5, 0.6) is 5.75 Å². The van der Waals surface area contributed by atoms with Gasteiger partial charge in [0.05, 0.1) is 0 Å². The van der Waals surface area contributed by atoms with Crippen molar-refractivity contribution >= 4 is 0 Å². The summed E-state index contributed by atoms with van der Waals surface area (Å²) in [6.45, 7) is 6.62. The summed E-state index contributed by atoms with van der Waals surface area (Å²) in [6.07, 6.45) is 3.96. The van der Waals surface area contributed by atoms with E-state index in [9.17, 15) is 0 Å². The van der Waals surface area contributed by atoms with Crippen LogP contribution in [0.4, 0.5) is 0 Å². The van der Waals surface area contributed by atoms with E-state index in [0.717, 1.165) is 16.9 Å². The molecule has 1 atom stereocenters. The predicted molar refractivity (Wildman–Crippen MR) is 64.1 cm³/mol. The third-order valence-corrected chi connectivity index (χ3v) is 2.30. The van der Waals surface area contributed by atoms with Crippen LogP contribution in [0.2, 0.25) is 0 Å². The molecule has 1 rings (SSSR count). The van der Waals surface area contributed by atoms with Crippen molar-refractivity contribution in [2.75, 3.05) is 6.61 Å². The average molecular weight is 205 g/mol. The Morgan fingerprint density at radius 1 is 1.47 bits per heavy atom. The molecule has 0 amide bonds. The van der Waals surface area contributed by atoms with Gasteiger partial charge < -0.3 is 10.5 Å². The molecule has 0 saturated carbocycles. The largest absolute Gasteiger partial charge is 0.489 e. The Bertz CT molecular complexity index is 342. The van der Waals surface area contributed by atoms with Crippen LogP contribution in [-0.2, 0) is 0 Å². The lowest BCUT2D eigenvalue weighted by atomic mass is 10.1. The Kier molecular flexibility index (Phi) is 4.37. The van der Waals surface area contributed by atoms with Crippen LogP contribution in [0.3, 0.4) is 0 Å². The first-order chi connectivity index (χ1) is 7.15. The van der Waals surface area contributed by atoms with E-state index >= 15 is 0 Å². The van der Waals surface area contributed by atoms with Gasteiger partial charge in [-0.3, -0.25) is 0 Å². The first-order valence-electron chi connectivity index (χ1n) is 5.25. The molecule has 0 fully saturated rings. The fourth-order valence-corrected chi connectivity index (χ4v) is 1.35. The van der Waals surface area contributed by atoms with Crippen LogP contribution in [-0.4, -0.2) is 6.61 Å². The Hall–Kier alpha value is -1.28. The summed E-state index contributed by atoms with van der Waals surface area (Å²) >= 11 is 0. The fourth-order valence-electron chi connectivity index (χ4n) is 1.35. The minimum Gasteiger partial charge on any atom is -0.489 e. The summed E-state index contributed by atoms with van der Waals surface area (Å²) in [7, 11) is 0. The maximum Gasteiger partial charge on any atom is 0.122 e. The summed E-state index contributed by atoms with van der Waals surface area (Å²) in [4.78, 5) is 0. The zero-order valence-corrected chi connectivity index (χ0v) is 9.66. The molecule has 0 spiro atoms. The molecule has 0 aliphatic carbocycles. The Morgan fingerprint density at radius 3 is 2.73 bits per heavy atom. The molecule has 0 aliphatic heterocycles. The van der Waals surface area contributed by atoms with E-state index in [-0.39, 0.29) is 6.04 Å². The van der Waals surface area contributed by atoms with Crippen LogP contribution in [0.25, 0.3) is 0 Å². The van der Waals surface area contributed by atoms with Crippen LogP contribution in [0.1, 0.15) is 31.0 Å². The van der Waals surface area contributed by atoms with Crippen LogP contribution >= 0.6 is 0 Å². The number of benzene rings is 1. The summed E-state index contributed by atoms with van der Waals surface area (Å²) in [5, 5.41) is 0. The number of nitrogens with two attached hydrogens (primary N) is 1. The summed E-state index contributed by atoms with van der Waals surface area (Å²) in [6, 6.07) is 6.16. The molecule has 0 bridgehead atoms. The highest BCUT2D eigenvalue weighted by molar-refractivity contribution is 5.37. The predicted octanol–water partition coefficient (Wildman–Crippen LogP) is 2.97. The van der Waals surface area contributed by atoms with Crippen molar-refractivity contribution in [1.29, 1.82) is 0 Å². The summed E-state index contributed by atoms with van der Waals surface area (Å²) in [5.74, 6) is 0.928. The molecule has 1 aromatic carbocycles. The molecule has 0 saturated heterocycles. The molecule has 2 heteroatoms. The molecular formula is C13H19NO. The van der Waals surface area contributed by atoms with E-state index in [4.69, 9.17) is 10.5 Å². The topological polar surface area (TPSA) is 35.2 Å². The summed E-state index contributed by atoms with van der Waals surface area (Å²) in [5.41, 5.74) is 8.08. The molecule has 0 aromatic heterocycles. The van der Waals surface area contributed by atoms with E-state index in [1.807, 2.05) is 45.1 Å². The van der Waals surface area contributed by atoms with Gasteiger partial charge in [-0.1, -0.05) is 24.3 Å². The van der Waals surface area contributed by atoms with Gasteiger partial charge in [0.2, 0.25) is 0 Å². The molecule has 0 radical (unpaired) electrons. The highest BCUT2D eigenvalue weighted by atomic mass is 16.5. The van der Waals surface area contributed by atoms with E-state index in [1.54, 1.807) is 0 Å². The zero-order chi connectivity index (χ0) is 11.3. The minimum absolute atomic E-state index is 0.0771. The Labute approximate surface area is 91.7 Å². The van der Waals surface area contributed by atoms with Crippen molar-refractivity contribution in [1.82, 2.24) is 0 Å². The molecule has 0 unspecified atom stereocenters. The maximum absolute atomic E-state index is 5.80. The number of ether oxygens (including phenoxy) is 1. The third kappa shape index (κ3) is 3.40. The molecule has 2 N–H and O–H groups in total. The van der Waals surface area contributed by atoms with Gasteiger partial charge in [-0.05, 0) is 38.0 Å². The highest BCUT2D eigenvalue weighted by Crippen LogP contribution is 2.21. The second-order valence-corrected chi connectivity index (χ2v) is 3.69. The number of aryl methyl sites for hydroxylation is 1. The second kappa shape index (κ2) is 5.56. The normalized spacial score (nSPS) is 13.1. The summed E-state index contributed by atoms with van der Waals surface area (Å²) < 4.78 is 5.58. The second-order valence-electron chi connectivity index (χ2n) is 3.69. The van der Waals surface area contributed by atoms with Gasteiger partial charge in [0, 0.05) is 6.04 Å². The van der Waals surface area contributed by atoms with Crippen molar-refractivity contribution in [3.05, 3.63) is 41.5 Å². The fraction of sp³-hybridized carbons (Fsp3) is 0.385. The van der Waals surface area contributed by atoms with Gasteiger partial charge in [-0.25, -0.2) is 0 Å². The van der Waals surface area contributed by atoms with Crippen LogP contribution in [0, 0.1) is 6.92 Å². The smallest absolute Gasteiger partial charge is 0.122 e. The number of allylic oxidation sites excluding steroid dienone is 1. The zero-order valence-electron chi connectivity index (χ0n) is 9.66. The average Bonchev–Trinajstić information content (AvgIpc) is 2.20. The quantitative estimate of drug-likeness (QED) is 0.767. The van der Waals surface area contributed by atoms with Gasteiger partial charge in [0.15, 0.2) is 0 Å². The van der Waals surface area contributed by atoms with Gasteiger partial charge in [0.25, 0.3) is 0 Å². The molecule has 15 heavy (non-hydrogen) atoms. The minimum atomic E-state index is 0.0771. The number of hydrogen-bond donors (Lipinski definition) is 1.